The molecule has 3 heteroatoms. The fraction of sp³-hybridized carbons (Fsp3) is 0.400. The van der Waals surface area contributed by atoms with Crippen LogP contribution in [0.2, 0.25) is 5.02 Å². The van der Waals surface area contributed by atoms with E-state index in [1.165, 1.54) is 0 Å². The van der Waals surface area contributed by atoms with Crippen LogP contribution in [0.4, 0.5) is 0 Å². The van der Waals surface area contributed by atoms with Gasteiger partial charge in [-0.2, -0.15) is 0 Å². The average molecular weight is 198 g/mol. The molecular formula is C10H12ClNO. The van der Waals surface area contributed by atoms with Crippen LogP contribution >= 0.6 is 11.6 Å². The molecule has 1 aromatic carbocycles. The number of benzene rings is 1. The van der Waals surface area contributed by atoms with Gasteiger partial charge in [0.25, 0.3) is 0 Å². The van der Waals surface area contributed by atoms with Crippen LogP contribution in [-0.2, 0) is 4.74 Å². The first-order valence-electron chi connectivity index (χ1n) is 4.43. The molecule has 0 aliphatic heterocycles. The van der Waals surface area contributed by atoms with E-state index in [2.05, 4.69) is 0 Å². The summed E-state index contributed by atoms with van der Waals surface area (Å²) in [6, 6.07) is 7.52. The predicted octanol–water partition coefficient (Wildman–Crippen LogP) is 2.48. The van der Waals surface area contributed by atoms with Gasteiger partial charge in [-0.1, -0.05) is 29.8 Å². The molecule has 1 aromatic rings. The zero-order chi connectivity index (χ0) is 9.26. The summed E-state index contributed by atoms with van der Waals surface area (Å²) in [6.45, 7) is 0. The summed E-state index contributed by atoms with van der Waals surface area (Å²) in [7, 11) is 0. The standard InChI is InChI=1S/C10H12ClNO/c11-9-4-2-1-3-8(9)10(12)13-7-5-6-7/h1-4,7,10H,5-6,12H2. The fourth-order valence-electron chi connectivity index (χ4n) is 1.19. The summed E-state index contributed by atoms with van der Waals surface area (Å²) in [5.74, 6) is 0. The maximum atomic E-state index is 5.96. The number of ether oxygens (including phenoxy) is 1. The maximum Gasteiger partial charge on any atom is 0.133 e. The van der Waals surface area contributed by atoms with Crippen LogP contribution in [0, 0.1) is 0 Å². The fourth-order valence-corrected chi connectivity index (χ4v) is 1.43. The van der Waals surface area contributed by atoms with Crippen molar-refractivity contribution in [3.05, 3.63) is 34.9 Å². The van der Waals surface area contributed by atoms with Crippen molar-refractivity contribution < 1.29 is 4.74 Å². The van der Waals surface area contributed by atoms with Crippen LogP contribution in [0.3, 0.4) is 0 Å². The Hall–Kier alpha value is -0.570. The van der Waals surface area contributed by atoms with Crippen LogP contribution in [0.5, 0.6) is 0 Å². The van der Waals surface area contributed by atoms with Crippen molar-refractivity contribution in [3.8, 4) is 0 Å². The van der Waals surface area contributed by atoms with E-state index in [0.717, 1.165) is 18.4 Å². The smallest absolute Gasteiger partial charge is 0.133 e. The highest BCUT2D eigenvalue weighted by molar-refractivity contribution is 6.31. The maximum absolute atomic E-state index is 5.96. The molecule has 0 bridgehead atoms. The number of hydrogen-bond donors (Lipinski definition) is 1. The van der Waals surface area contributed by atoms with Crippen LogP contribution in [-0.4, -0.2) is 6.10 Å². The number of rotatable bonds is 3. The third-order valence-corrected chi connectivity index (χ3v) is 2.42. The second kappa shape index (κ2) is 3.66. The Morgan fingerprint density at radius 2 is 2.08 bits per heavy atom. The molecular weight excluding hydrogens is 186 g/mol. The average Bonchev–Trinajstić information content (AvgIpc) is 2.89. The lowest BCUT2D eigenvalue weighted by Gasteiger charge is -2.13. The Labute approximate surface area is 82.6 Å². The van der Waals surface area contributed by atoms with E-state index in [9.17, 15) is 0 Å². The predicted molar refractivity (Wildman–Crippen MR) is 52.5 cm³/mol. The molecule has 2 nitrogen and oxygen atoms in total. The summed E-state index contributed by atoms with van der Waals surface area (Å²) in [6.07, 6.45) is 2.23. The van der Waals surface area contributed by atoms with E-state index in [1.807, 2.05) is 24.3 Å². The molecule has 70 valence electrons. The molecule has 1 aliphatic rings. The first kappa shape index (κ1) is 9.00. The topological polar surface area (TPSA) is 35.2 Å². The van der Waals surface area contributed by atoms with Crippen molar-refractivity contribution in [1.82, 2.24) is 0 Å². The van der Waals surface area contributed by atoms with Crippen LogP contribution in [0.25, 0.3) is 0 Å². The summed E-state index contributed by atoms with van der Waals surface area (Å²) >= 11 is 5.96. The Morgan fingerprint density at radius 3 is 2.69 bits per heavy atom. The zero-order valence-electron chi connectivity index (χ0n) is 7.24. The molecule has 2 N–H and O–H groups in total. The number of halogens is 1. The van der Waals surface area contributed by atoms with E-state index in [-0.39, 0.29) is 6.23 Å². The summed E-state index contributed by atoms with van der Waals surface area (Å²) in [5.41, 5.74) is 6.70. The third-order valence-electron chi connectivity index (χ3n) is 2.08. The molecule has 0 amide bonds. The van der Waals surface area contributed by atoms with Crippen molar-refractivity contribution in [3.63, 3.8) is 0 Å². The highest BCUT2D eigenvalue weighted by Crippen LogP contribution is 2.30. The minimum atomic E-state index is -0.374. The summed E-state index contributed by atoms with van der Waals surface area (Å²) in [4.78, 5) is 0. The van der Waals surface area contributed by atoms with E-state index in [1.54, 1.807) is 0 Å². The van der Waals surface area contributed by atoms with Crippen LogP contribution in [0.15, 0.2) is 24.3 Å². The third kappa shape index (κ3) is 2.21. The van der Waals surface area contributed by atoms with E-state index in [0.29, 0.717) is 11.1 Å². The Bertz CT molecular complexity index is 299. The van der Waals surface area contributed by atoms with Gasteiger partial charge >= 0.3 is 0 Å². The normalized spacial score (nSPS) is 18.6. The van der Waals surface area contributed by atoms with E-state index in [4.69, 9.17) is 22.1 Å². The van der Waals surface area contributed by atoms with Gasteiger partial charge < -0.3 is 10.5 Å². The molecule has 0 spiro atoms. The van der Waals surface area contributed by atoms with Gasteiger partial charge in [0, 0.05) is 10.6 Å². The van der Waals surface area contributed by atoms with Gasteiger partial charge in [-0.25, -0.2) is 0 Å². The molecule has 1 aliphatic carbocycles. The lowest BCUT2D eigenvalue weighted by atomic mass is 10.2. The van der Waals surface area contributed by atoms with Gasteiger partial charge in [0.15, 0.2) is 0 Å². The molecule has 2 rings (SSSR count). The minimum absolute atomic E-state index is 0.353. The first-order chi connectivity index (χ1) is 6.27. The largest absolute Gasteiger partial charge is 0.356 e. The van der Waals surface area contributed by atoms with Gasteiger partial charge in [-0.15, -0.1) is 0 Å². The Kier molecular flexibility index (Phi) is 2.54. The lowest BCUT2D eigenvalue weighted by Crippen LogP contribution is -2.15. The second-order valence-corrected chi connectivity index (χ2v) is 3.68. The number of nitrogens with two attached hydrogens (primary N) is 1. The molecule has 0 radical (unpaired) electrons. The summed E-state index contributed by atoms with van der Waals surface area (Å²) in [5, 5.41) is 0.677. The highest BCUT2D eigenvalue weighted by atomic mass is 35.5. The van der Waals surface area contributed by atoms with Gasteiger partial charge in [0.05, 0.1) is 6.10 Å². The zero-order valence-corrected chi connectivity index (χ0v) is 8.00. The van der Waals surface area contributed by atoms with Crippen LogP contribution < -0.4 is 5.73 Å². The molecule has 0 aromatic heterocycles. The Balaban J connectivity index is 2.09. The SMILES string of the molecule is NC(OC1CC1)c1ccccc1Cl. The van der Waals surface area contributed by atoms with Crippen molar-refractivity contribution in [2.45, 2.75) is 25.2 Å². The van der Waals surface area contributed by atoms with Crippen molar-refractivity contribution in [1.29, 1.82) is 0 Å². The quantitative estimate of drug-likeness (QED) is 0.756. The Morgan fingerprint density at radius 1 is 1.38 bits per heavy atom. The van der Waals surface area contributed by atoms with Crippen LogP contribution in [0.1, 0.15) is 24.6 Å². The van der Waals surface area contributed by atoms with Gasteiger partial charge in [0.2, 0.25) is 0 Å². The molecule has 1 unspecified atom stereocenters. The van der Waals surface area contributed by atoms with E-state index < -0.39 is 0 Å². The monoisotopic (exact) mass is 197 g/mol. The van der Waals surface area contributed by atoms with Gasteiger partial charge in [0.1, 0.15) is 6.23 Å². The van der Waals surface area contributed by atoms with Crippen molar-refractivity contribution in [2.75, 3.05) is 0 Å². The van der Waals surface area contributed by atoms with Crippen molar-refractivity contribution >= 4 is 11.6 Å². The van der Waals surface area contributed by atoms with Gasteiger partial charge in [-0.3, -0.25) is 0 Å². The summed E-state index contributed by atoms with van der Waals surface area (Å²) < 4.78 is 5.52. The van der Waals surface area contributed by atoms with Crippen molar-refractivity contribution in [2.24, 2.45) is 5.73 Å². The molecule has 13 heavy (non-hydrogen) atoms. The van der Waals surface area contributed by atoms with Gasteiger partial charge in [-0.05, 0) is 18.9 Å². The first-order valence-corrected chi connectivity index (χ1v) is 4.80. The van der Waals surface area contributed by atoms with E-state index >= 15 is 0 Å². The minimum Gasteiger partial charge on any atom is -0.356 e. The molecule has 1 atom stereocenters. The molecule has 1 saturated carbocycles. The molecule has 0 heterocycles. The highest BCUT2D eigenvalue weighted by Gasteiger charge is 2.25. The molecule has 0 saturated heterocycles. The molecule has 1 fully saturated rings. The number of hydrogen-bond acceptors (Lipinski definition) is 2. The lowest BCUT2D eigenvalue weighted by molar-refractivity contribution is 0.0436. The second-order valence-electron chi connectivity index (χ2n) is 3.28.